The first-order valence-corrected chi connectivity index (χ1v) is 11.1. The minimum atomic E-state index is -0.811. The third-order valence-electron chi connectivity index (χ3n) is 6.00. The molecule has 0 saturated carbocycles. The van der Waals surface area contributed by atoms with E-state index in [4.69, 9.17) is 4.74 Å². The summed E-state index contributed by atoms with van der Waals surface area (Å²) in [5, 5.41) is 33.0. The molecule has 0 unspecified atom stereocenters. The van der Waals surface area contributed by atoms with Gasteiger partial charge >= 0.3 is 0 Å². The highest BCUT2D eigenvalue weighted by Crippen LogP contribution is 2.46. The molecule has 30 heavy (non-hydrogen) atoms. The van der Waals surface area contributed by atoms with Crippen LogP contribution in [0.4, 0.5) is 0 Å². The van der Waals surface area contributed by atoms with E-state index in [1.165, 1.54) is 11.3 Å². The number of rotatable bonds is 8. The Labute approximate surface area is 182 Å². The molecule has 0 radical (unpaired) electrons. The minimum absolute atomic E-state index is 0.109. The lowest BCUT2D eigenvalue weighted by atomic mass is 9.85. The summed E-state index contributed by atoms with van der Waals surface area (Å²) in [7, 11) is 1.66. The monoisotopic (exact) mass is 426 g/mol. The minimum Gasteiger partial charge on any atom is -0.487 e. The Hall–Kier alpha value is -2.18. The molecule has 3 rings (SSSR count). The first-order chi connectivity index (χ1) is 14.4. The summed E-state index contributed by atoms with van der Waals surface area (Å²) in [6.07, 6.45) is 1.34. The van der Waals surface area contributed by atoms with Crippen LogP contribution in [-0.4, -0.2) is 22.4 Å². The summed E-state index contributed by atoms with van der Waals surface area (Å²) in [5.74, 6) is 0. The van der Waals surface area contributed by atoms with Gasteiger partial charge in [0.05, 0.1) is 25.9 Å². The van der Waals surface area contributed by atoms with Crippen LogP contribution in [0.1, 0.15) is 48.9 Å². The van der Waals surface area contributed by atoms with Crippen molar-refractivity contribution in [3.05, 3.63) is 64.0 Å². The molecular weight excluding hydrogens is 396 g/mol. The predicted octanol–water partition coefficient (Wildman–Crippen LogP) is 5.39. The molecule has 0 amide bonds. The van der Waals surface area contributed by atoms with Crippen LogP contribution < -0.4 is 4.74 Å². The van der Waals surface area contributed by atoms with Crippen molar-refractivity contribution in [2.75, 3.05) is 7.11 Å². The Morgan fingerprint density at radius 3 is 2.20 bits per heavy atom. The number of aliphatic hydroxyl groups is 3. The van der Waals surface area contributed by atoms with Crippen molar-refractivity contribution in [1.82, 2.24) is 0 Å². The second kappa shape index (κ2) is 9.31. The zero-order chi connectivity index (χ0) is 21.9. The molecule has 4 nitrogen and oxygen atoms in total. The molecule has 5 heteroatoms. The number of ether oxygens (including phenoxy) is 1. The third kappa shape index (κ3) is 4.03. The van der Waals surface area contributed by atoms with Crippen LogP contribution in [0.5, 0.6) is 5.06 Å². The number of aliphatic hydroxyl groups excluding tert-OH is 2. The molecule has 1 aromatic heterocycles. The molecule has 0 fully saturated rings. The maximum Gasteiger partial charge on any atom is 0.181 e. The summed E-state index contributed by atoms with van der Waals surface area (Å²) in [6, 6.07) is 11.9. The molecule has 1 heterocycles. The van der Waals surface area contributed by atoms with Crippen molar-refractivity contribution in [2.24, 2.45) is 0 Å². The van der Waals surface area contributed by atoms with E-state index >= 15 is 0 Å². The largest absolute Gasteiger partial charge is 0.487 e. The Morgan fingerprint density at radius 2 is 1.63 bits per heavy atom. The molecule has 0 aliphatic heterocycles. The number of hydrogen-bond donors (Lipinski definition) is 3. The van der Waals surface area contributed by atoms with Gasteiger partial charge in [0.25, 0.3) is 0 Å². The van der Waals surface area contributed by atoms with E-state index in [2.05, 4.69) is 24.4 Å². The molecule has 0 atom stereocenters. The summed E-state index contributed by atoms with van der Waals surface area (Å²) < 4.78 is 5.65. The Morgan fingerprint density at radius 1 is 0.933 bits per heavy atom. The highest BCUT2D eigenvalue weighted by atomic mass is 32.1. The summed E-state index contributed by atoms with van der Waals surface area (Å²) >= 11 is 1.53. The van der Waals surface area contributed by atoms with Gasteiger partial charge < -0.3 is 20.1 Å². The molecule has 0 aliphatic rings. The van der Waals surface area contributed by atoms with Gasteiger partial charge in [-0.3, -0.25) is 0 Å². The first kappa shape index (κ1) is 22.5. The van der Waals surface area contributed by atoms with Gasteiger partial charge in [-0.2, -0.15) is 0 Å². The number of hydrogen-bond acceptors (Lipinski definition) is 5. The SMILES string of the molecule is CCC(O)(CC)c1ccc(-c2csc(OC)c2-c2ccc(CO)c(CO)c2)c(C)c1. The van der Waals surface area contributed by atoms with Crippen molar-refractivity contribution in [1.29, 1.82) is 0 Å². The highest BCUT2D eigenvalue weighted by molar-refractivity contribution is 7.13. The zero-order valence-corrected chi connectivity index (χ0v) is 18.8. The van der Waals surface area contributed by atoms with E-state index in [9.17, 15) is 15.3 Å². The molecule has 2 aromatic carbocycles. The molecule has 160 valence electrons. The molecule has 0 bridgehead atoms. The van der Waals surface area contributed by atoms with Crippen LogP contribution in [0, 0.1) is 6.92 Å². The van der Waals surface area contributed by atoms with Crippen LogP contribution in [0.15, 0.2) is 41.8 Å². The maximum absolute atomic E-state index is 10.9. The predicted molar refractivity (Wildman–Crippen MR) is 123 cm³/mol. The van der Waals surface area contributed by atoms with Gasteiger partial charge in [0.1, 0.15) is 0 Å². The second-order valence-electron chi connectivity index (χ2n) is 7.58. The average molecular weight is 427 g/mol. The van der Waals surface area contributed by atoms with E-state index in [1.54, 1.807) is 7.11 Å². The lowest BCUT2D eigenvalue weighted by Crippen LogP contribution is -2.23. The fourth-order valence-corrected chi connectivity index (χ4v) is 4.87. The van der Waals surface area contributed by atoms with Crippen LogP contribution in [0.3, 0.4) is 0 Å². The third-order valence-corrected chi connectivity index (χ3v) is 6.94. The van der Waals surface area contributed by atoms with E-state index in [1.807, 2.05) is 38.1 Å². The average Bonchev–Trinajstić information content (AvgIpc) is 3.21. The number of thiophene rings is 1. The van der Waals surface area contributed by atoms with Crippen molar-refractivity contribution in [3.8, 4) is 27.3 Å². The molecule has 0 spiro atoms. The van der Waals surface area contributed by atoms with Crippen LogP contribution in [0.25, 0.3) is 22.3 Å². The van der Waals surface area contributed by atoms with Gasteiger partial charge in [-0.1, -0.05) is 44.2 Å². The summed E-state index contributed by atoms with van der Waals surface area (Å²) in [6.45, 7) is 5.83. The van der Waals surface area contributed by atoms with Gasteiger partial charge in [-0.05, 0) is 59.2 Å². The van der Waals surface area contributed by atoms with Crippen molar-refractivity contribution < 1.29 is 20.1 Å². The Kier molecular flexibility index (Phi) is 6.98. The van der Waals surface area contributed by atoms with Gasteiger partial charge in [0.2, 0.25) is 0 Å². The quantitative estimate of drug-likeness (QED) is 0.452. The Bertz CT molecular complexity index is 1020. The maximum atomic E-state index is 10.9. The first-order valence-electron chi connectivity index (χ1n) is 10.3. The van der Waals surface area contributed by atoms with Gasteiger partial charge in [0, 0.05) is 16.5 Å². The lowest BCUT2D eigenvalue weighted by Gasteiger charge is -2.26. The summed E-state index contributed by atoms with van der Waals surface area (Å²) in [5.41, 5.74) is 6.68. The number of benzene rings is 2. The van der Waals surface area contributed by atoms with E-state index in [-0.39, 0.29) is 13.2 Å². The van der Waals surface area contributed by atoms with Gasteiger partial charge in [-0.15, -0.1) is 11.3 Å². The normalized spacial score (nSPS) is 11.7. The fourth-order valence-electron chi connectivity index (χ4n) is 3.96. The van der Waals surface area contributed by atoms with Gasteiger partial charge in [-0.25, -0.2) is 0 Å². The molecule has 3 N–H and O–H groups in total. The van der Waals surface area contributed by atoms with Crippen LogP contribution in [-0.2, 0) is 18.8 Å². The molecule has 3 aromatic rings. The molecular formula is C25H30O4S. The van der Waals surface area contributed by atoms with Crippen molar-refractivity contribution >= 4 is 11.3 Å². The standard InChI is InChI=1S/C25H30O4S/c1-5-25(28,6-2)20-9-10-21(16(3)11-20)22-15-30-24(29-4)23(22)17-7-8-18(13-26)19(12-17)14-27/h7-12,15,26-28H,5-6,13-14H2,1-4H3. The van der Waals surface area contributed by atoms with E-state index < -0.39 is 5.60 Å². The fraction of sp³-hybridized carbons (Fsp3) is 0.360. The van der Waals surface area contributed by atoms with E-state index in [0.29, 0.717) is 18.4 Å². The van der Waals surface area contributed by atoms with Crippen LogP contribution >= 0.6 is 11.3 Å². The summed E-state index contributed by atoms with van der Waals surface area (Å²) in [4.78, 5) is 0. The molecule has 0 aliphatic carbocycles. The second-order valence-corrected chi connectivity index (χ2v) is 8.43. The van der Waals surface area contributed by atoms with Crippen LogP contribution in [0.2, 0.25) is 0 Å². The smallest absolute Gasteiger partial charge is 0.181 e. The van der Waals surface area contributed by atoms with Crippen molar-refractivity contribution in [3.63, 3.8) is 0 Å². The van der Waals surface area contributed by atoms with E-state index in [0.717, 1.165) is 44.0 Å². The van der Waals surface area contributed by atoms with Crippen molar-refractivity contribution in [2.45, 2.75) is 52.4 Å². The van der Waals surface area contributed by atoms with Gasteiger partial charge in [0.15, 0.2) is 5.06 Å². The number of methoxy groups -OCH3 is 1. The highest BCUT2D eigenvalue weighted by Gasteiger charge is 2.26. The zero-order valence-electron chi connectivity index (χ0n) is 18.0. The lowest BCUT2D eigenvalue weighted by molar-refractivity contribution is 0.0283. The number of aryl methyl sites for hydroxylation is 1. The topological polar surface area (TPSA) is 69.9 Å². The molecule has 0 saturated heterocycles. The Balaban J connectivity index is 2.15.